The highest BCUT2D eigenvalue weighted by atomic mass is 16.5. The first kappa shape index (κ1) is 18.2. The number of rotatable bonds is 6. The third kappa shape index (κ3) is 4.23. The van der Waals surface area contributed by atoms with E-state index in [4.69, 9.17) is 4.52 Å². The summed E-state index contributed by atoms with van der Waals surface area (Å²) in [5.74, 6) is 0.883. The quantitative estimate of drug-likeness (QED) is 0.692. The van der Waals surface area contributed by atoms with Crippen molar-refractivity contribution >= 4 is 5.91 Å². The summed E-state index contributed by atoms with van der Waals surface area (Å²) in [6, 6.07) is 9.33. The van der Waals surface area contributed by atoms with Crippen LogP contribution in [-0.2, 0) is 17.6 Å². The van der Waals surface area contributed by atoms with E-state index in [1.807, 2.05) is 18.2 Å². The fraction of sp³-hybridized carbons (Fsp3) is 0.350. The van der Waals surface area contributed by atoms with Gasteiger partial charge in [0, 0.05) is 61.7 Å². The zero-order chi connectivity index (χ0) is 19.3. The normalized spacial score (nSPS) is 19.1. The van der Waals surface area contributed by atoms with Crippen molar-refractivity contribution in [2.75, 3.05) is 13.1 Å². The number of carbonyl (C=O) groups excluding carboxylic acids is 1. The maximum Gasteiger partial charge on any atom is 0.227 e. The van der Waals surface area contributed by atoms with Crippen LogP contribution in [0.1, 0.15) is 18.0 Å². The van der Waals surface area contributed by atoms with Crippen molar-refractivity contribution in [2.24, 2.45) is 5.92 Å². The fourth-order valence-corrected chi connectivity index (χ4v) is 3.39. The number of amides is 1. The molecule has 8 nitrogen and oxygen atoms in total. The number of hydrogen-bond donors (Lipinski definition) is 1. The van der Waals surface area contributed by atoms with Gasteiger partial charge in [-0.25, -0.2) is 0 Å². The zero-order valence-corrected chi connectivity index (χ0v) is 15.3. The standard InChI is InChI=1S/C20H21N5O3/c26-17-13-25(12-15(17)11-16-3-1-2-8-22-16)19(27)5-4-18-23-20(24-28-18)14-6-9-21-10-7-14/h1-3,6-10,15,17,26H,4-5,11-13H2/t15-,17-/m1/s1. The van der Waals surface area contributed by atoms with Crippen molar-refractivity contribution in [3.63, 3.8) is 0 Å². The molecule has 3 aromatic rings. The van der Waals surface area contributed by atoms with Gasteiger partial charge in [-0.15, -0.1) is 0 Å². The number of aliphatic hydroxyl groups excluding tert-OH is 1. The minimum Gasteiger partial charge on any atom is -0.391 e. The summed E-state index contributed by atoms with van der Waals surface area (Å²) >= 11 is 0. The SMILES string of the molecule is O=C(CCc1nc(-c2ccncc2)no1)N1C[C@@H](Cc2ccccn2)[C@H](O)C1. The fourth-order valence-electron chi connectivity index (χ4n) is 3.39. The van der Waals surface area contributed by atoms with Gasteiger partial charge in [0.05, 0.1) is 6.10 Å². The molecule has 0 radical (unpaired) electrons. The monoisotopic (exact) mass is 379 g/mol. The van der Waals surface area contributed by atoms with Gasteiger partial charge in [-0.2, -0.15) is 4.98 Å². The van der Waals surface area contributed by atoms with Crippen LogP contribution in [0.4, 0.5) is 0 Å². The highest BCUT2D eigenvalue weighted by molar-refractivity contribution is 5.76. The van der Waals surface area contributed by atoms with Crippen LogP contribution < -0.4 is 0 Å². The summed E-state index contributed by atoms with van der Waals surface area (Å²) < 4.78 is 5.24. The molecule has 8 heteroatoms. The van der Waals surface area contributed by atoms with E-state index in [0.29, 0.717) is 37.6 Å². The van der Waals surface area contributed by atoms with E-state index in [1.165, 1.54) is 0 Å². The van der Waals surface area contributed by atoms with Gasteiger partial charge >= 0.3 is 0 Å². The maximum absolute atomic E-state index is 12.5. The van der Waals surface area contributed by atoms with Crippen LogP contribution in [0.25, 0.3) is 11.4 Å². The molecule has 0 bridgehead atoms. The number of aromatic nitrogens is 4. The Kier molecular flexibility index (Phi) is 5.38. The number of carbonyl (C=O) groups is 1. The average Bonchev–Trinajstić information content (AvgIpc) is 3.35. The molecular weight excluding hydrogens is 358 g/mol. The van der Waals surface area contributed by atoms with Gasteiger partial charge in [0.1, 0.15) is 0 Å². The lowest BCUT2D eigenvalue weighted by molar-refractivity contribution is -0.130. The second kappa shape index (κ2) is 8.26. The molecule has 0 aliphatic carbocycles. The molecule has 1 amide bonds. The van der Waals surface area contributed by atoms with Gasteiger partial charge in [0.2, 0.25) is 17.6 Å². The van der Waals surface area contributed by atoms with E-state index in [-0.39, 0.29) is 18.2 Å². The number of likely N-dealkylation sites (tertiary alicyclic amines) is 1. The molecule has 28 heavy (non-hydrogen) atoms. The van der Waals surface area contributed by atoms with Gasteiger partial charge in [-0.3, -0.25) is 14.8 Å². The van der Waals surface area contributed by atoms with Crippen molar-refractivity contribution < 1.29 is 14.4 Å². The molecule has 0 aromatic carbocycles. The van der Waals surface area contributed by atoms with Crippen LogP contribution in [-0.4, -0.2) is 55.2 Å². The molecule has 4 rings (SSSR count). The molecule has 1 aliphatic rings. The van der Waals surface area contributed by atoms with Crippen LogP contribution in [0, 0.1) is 5.92 Å². The molecule has 144 valence electrons. The number of nitrogens with zero attached hydrogens (tertiary/aromatic N) is 5. The van der Waals surface area contributed by atoms with Crippen molar-refractivity contribution in [1.29, 1.82) is 0 Å². The Bertz CT molecular complexity index is 916. The second-order valence-corrected chi connectivity index (χ2v) is 6.90. The van der Waals surface area contributed by atoms with E-state index in [1.54, 1.807) is 35.6 Å². The Balaban J connectivity index is 1.30. The third-order valence-electron chi connectivity index (χ3n) is 4.92. The molecule has 1 saturated heterocycles. The van der Waals surface area contributed by atoms with Crippen molar-refractivity contribution in [1.82, 2.24) is 25.0 Å². The Hall–Kier alpha value is -3.13. The van der Waals surface area contributed by atoms with E-state index in [2.05, 4.69) is 20.1 Å². The summed E-state index contributed by atoms with van der Waals surface area (Å²) in [4.78, 5) is 26.8. The van der Waals surface area contributed by atoms with Crippen molar-refractivity contribution in [3.05, 3.63) is 60.5 Å². The molecule has 0 spiro atoms. The minimum absolute atomic E-state index is 0.000507. The van der Waals surface area contributed by atoms with E-state index in [0.717, 1.165) is 11.3 Å². The Morgan fingerprint density at radius 3 is 2.82 bits per heavy atom. The summed E-state index contributed by atoms with van der Waals surface area (Å²) in [6.45, 7) is 0.880. The number of hydrogen-bond acceptors (Lipinski definition) is 7. The molecule has 0 unspecified atom stereocenters. The van der Waals surface area contributed by atoms with Gasteiger partial charge < -0.3 is 14.5 Å². The first-order valence-electron chi connectivity index (χ1n) is 9.28. The largest absolute Gasteiger partial charge is 0.391 e. The molecular formula is C20H21N5O3. The maximum atomic E-state index is 12.5. The van der Waals surface area contributed by atoms with E-state index >= 15 is 0 Å². The smallest absolute Gasteiger partial charge is 0.227 e. The summed E-state index contributed by atoms with van der Waals surface area (Å²) in [5.41, 5.74) is 1.74. The topological polar surface area (TPSA) is 105 Å². The molecule has 3 aromatic heterocycles. The minimum atomic E-state index is -0.535. The highest BCUT2D eigenvalue weighted by Crippen LogP contribution is 2.22. The Morgan fingerprint density at radius 1 is 1.18 bits per heavy atom. The molecule has 1 fully saturated rings. The summed E-state index contributed by atoms with van der Waals surface area (Å²) in [7, 11) is 0. The van der Waals surface area contributed by atoms with E-state index < -0.39 is 6.10 Å². The molecule has 0 saturated carbocycles. The van der Waals surface area contributed by atoms with Crippen LogP contribution in [0.3, 0.4) is 0 Å². The lowest BCUT2D eigenvalue weighted by Crippen LogP contribution is -2.29. The number of pyridine rings is 2. The zero-order valence-electron chi connectivity index (χ0n) is 15.3. The van der Waals surface area contributed by atoms with Gasteiger partial charge in [-0.1, -0.05) is 11.2 Å². The first-order chi connectivity index (χ1) is 13.7. The van der Waals surface area contributed by atoms with Crippen molar-refractivity contribution in [3.8, 4) is 11.4 Å². The Labute approximate surface area is 162 Å². The first-order valence-corrected chi connectivity index (χ1v) is 9.28. The van der Waals surface area contributed by atoms with Crippen LogP contribution in [0.15, 0.2) is 53.4 Å². The van der Waals surface area contributed by atoms with E-state index in [9.17, 15) is 9.90 Å². The molecule has 2 atom stereocenters. The Morgan fingerprint density at radius 2 is 2.04 bits per heavy atom. The van der Waals surface area contributed by atoms with Gasteiger partial charge in [0.15, 0.2) is 0 Å². The number of β-amino-alcohol motifs (C(OH)–C–C–N with tert-alkyl or cyclic N) is 1. The lowest BCUT2D eigenvalue weighted by Gasteiger charge is -2.15. The number of aryl methyl sites for hydroxylation is 1. The lowest BCUT2D eigenvalue weighted by atomic mass is 10.00. The predicted molar refractivity (Wildman–Crippen MR) is 99.9 cm³/mol. The van der Waals surface area contributed by atoms with Gasteiger partial charge in [0.25, 0.3) is 0 Å². The summed E-state index contributed by atoms with van der Waals surface area (Å²) in [6.07, 6.45) is 5.82. The second-order valence-electron chi connectivity index (χ2n) is 6.90. The van der Waals surface area contributed by atoms with Crippen LogP contribution in [0.5, 0.6) is 0 Å². The molecule has 1 aliphatic heterocycles. The molecule has 4 heterocycles. The van der Waals surface area contributed by atoms with Crippen LogP contribution in [0.2, 0.25) is 0 Å². The summed E-state index contributed by atoms with van der Waals surface area (Å²) in [5, 5.41) is 14.3. The molecule has 1 N–H and O–H groups in total. The van der Waals surface area contributed by atoms with Gasteiger partial charge in [-0.05, 0) is 30.7 Å². The highest BCUT2D eigenvalue weighted by Gasteiger charge is 2.34. The average molecular weight is 379 g/mol. The predicted octanol–water partition coefficient (Wildman–Crippen LogP) is 1.52. The van der Waals surface area contributed by atoms with Crippen LogP contribution >= 0.6 is 0 Å². The number of aliphatic hydroxyl groups is 1. The van der Waals surface area contributed by atoms with Crippen molar-refractivity contribution in [2.45, 2.75) is 25.4 Å². The third-order valence-corrected chi connectivity index (χ3v) is 4.92.